The molecule has 106 valence electrons. The minimum Gasteiger partial charge on any atom is -0.480 e. The molecule has 1 atom stereocenters. The first kappa shape index (κ1) is 15.2. The van der Waals surface area contributed by atoms with Gasteiger partial charge in [-0.1, -0.05) is 0 Å². The number of aliphatic carboxylic acids is 1. The summed E-state index contributed by atoms with van der Waals surface area (Å²) in [6, 6.07) is 0.406. The maximum Gasteiger partial charge on any atom is 0.326 e. The average Bonchev–Trinajstić information content (AvgIpc) is 2.75. The molecule has 0 aliphatic carbocycles. The van der Waals surface area contributed by atoms with Gasteiger partial charge in [-0.3, -0.25) is 9.48 Å². The van der Waals surface area contributed by atoms with E-state index in [2.05, 4.69) is 10.4 Å². The molecule has 0 radical (unpaired) electrons. The van der Waals surface area contributed by atoms with Crippen molar-refractivity contribution in [3.63, 3.8) is 0 Å². The van der Waals surface area contributed by atoms with Gasteiger partial charge in [0.1, 0.15) is 22.4 Å². The van der Waals surface area contributed by atoms with Crippen molar-refractivity contribution in [2.45, 2.75) is 19.0 Å². The lowest BCUT2D eigenvalue weighted by molar-refractivity contribution is -0.142. The van der Waals surface area contributed by atoms with E-state index in [0.717, 1.165) is 6.26 Å². The molecule has 1 aromatic heterocycles. The molecule has 9 heteroatoms. The van der Waals surface area contributed by atoms with Crippen LogP contribution in [0.3, 0.4) is 0 Å². The van der Waals surface area contributed by atoms with Gasteiger partial charge < -0.3 is 10.4 Å². The quantitative estimate of drug-likeness (QED) is 0.657. The third-order valence-corrected chi connectivity index (χ3v) is 3.25. The highest BCUT2D eigenvalue weighted by atomic mass is 32.2. The third-order valence-electron chi connectivity index (χ3n) is 2.28. The first-order valence-electron chi connectivity index (χ1n) is 5.45. The number of rotatable bonds is 7. The van der Waals surface area contributed by atoms with Gasteiger partial charge in [-0.05, 0) is 12.5 Å². The molecular weight excluding hydrogens is 274 g/mol. The van der Waals surface area contributed by atoms with E-state index >= 15 is 0 Å². The van der Waals surface area contributed by atoms with Crippen molar-refractivity contribution < 1.29 is 23.1 Å². The molecule has 1 aromatic rings. The van der Waals surface area contributed by atoms with Gasteiger partial charge in [0.2, 0.25) is 5.91 Å². The van der Waals surface area contributed by atoms with Crippen molar-refractivity contribution in [1.29, 1.82) is 0 Å². The summed E-state index contributed by atoms with van der Waals surface area (Å²) in [5, 5.41) is 15.0. The Morgan fingerprint density at radius 2 is 2.16 bits per heavy atom. The molecule has 0 aromatic carbocycles. The summed E-state index contributed by atoms with van der Waals surface area (Å²) in [6.07, 6.45) is 3.90. The standard InChI is InChI=1S/C10H15N3O5S/c1-19(17,18)6-3-8(10(15)16)12-9(14)7-13-5-2-4-11-13/h2,4-5,8H,3,6-7H2,1H3,(H,12,14)(H,15,16). The second kappa shape index (κ2) is 6.32. The van der Waals surface area contributed by atoms with E-state index in [4.69, 9.17) is 5.11 Å². The van der Waals surface area contributed by atoms with Gasteiger partial charge in [0.15, 0.2) is 0 Å². The van der Waals surface area contributed by atoms with Crippen LogP contribution < -0.4 is 5.32 Å². The topological polar surface area (TPSA) is 118 Å². The lowest BCUT2D eigenvalue weighted by Gasteiger charge is -2.13. The number of hydrogen-bond donors (Lipinski definition) is 2. The van der Waals surface area contributed by atoms with Gasteiger partial charge in [0, 0.05) is 18.6 Å². The Labute approximate surface area is 110 Å². The normalized spacial score (nSPS) is 12.9. The number of amides is 1. The molecule has 0 fully saturated rings. The average molecular weight is 289 g/mol. The van der Waals surface area contributed by atoms with Gasteiger partial charge >= 0.3 is 5.97 Å². The highest BCUT2D eigenvalue weighted by Crippen LogP contribution is 1.98. The summed E-state index contributed by atoms with van der Waals surface area (Å²) in [6.45, 7) is -0.115. The van der Waals surface area contributed by atoms with Crippen LogP contribution in [0.4, 0.5) is 0 Å². The Morgan fingerprint density at radius 3 is 2.63 bits per heavy atom. The Bertz CT molecular complexity index is 538. The van der Waals surface area contributed by atoms with Crippen molar-refractivity contribution in [2.75, 3.05) is 12.0 Å². The fraction of sp³-hybridized carbons (Fsp3) is 0.500. The van der Waals surface area contributed by atoms with Crippen LogP contribution in [0, 0.1) is 0 Å². The van der Waals surface area contributed by atoms with Crippen molar-refractivity contribution in [2.24, 2.45) is 0 Å². The number of sulfone groups is 1. The lowest BCUT2D eigenvalue weighted by atomic mass is 10.2. The van der Waals surface area contributed by atoms with E-state index < -0.39 is 27.8 Å². The van der Waals surface area contributed by atoms with Crippen LogP contribution in [-0.4, -0.2) is 53.2 Å². The molecule has 1 unspecified atom stereocenters. The third kappa shape index (κ3) is 6.00. The lowest BCUT2D eigenvalue weighted by Crippen LogP contribution is -2.43. The van der Waals surface area contributed by atoms with Gasteiger partial charge in [0.05, 0.1) is 5.75 Å². The second-order valence-corrected chi connectivity index (χ2v) is 6.34. The molecule has 0 saturated heterocycles. The van der Waals surface area contributed by atoms with Gasteiger partial charge in [-0.2, -0.15) is 5.10 Å². The summed E-state index contributed by atoms with van der Waals surface area (Å²) in [5.41, 5.74) is 0. The highest BCUT2D eigenvalue weighted by molar-refractivity contribution is 7.90. The minimum atomic E-state index is -3.27. The number of nitrogens with zero attached hydrogens (tertiary/aromatic N) is 2. The predicted octanol–water partition coefficient (Wildman–Crippen LogP) is -1.11. The summed E-state index contributed by atoms with van der Waals surface area (Å²) >= 11 is 0. The van der Waals surface area contributed by atoms with Crippen LogP contribution in [0.2, 0.25) is 0 Å². The monoisotopic (exact) mass is 289 g/mol. The van der Waals surface area contributed by atoms with Gasteiger partial charge in [-0.25, -0.2) is 13.2 Å². The van der Waals surface area contributed by atoms with Crippen LogP contribution >= 0.6 is 0 Å². The second-order valence-electron chi connectivity index (χ2n) is 4.08. The Balaban J connectivity index is 2.53. The van der Waals surface area contributed by atoms with Crippen LogP contribution in [0.1, 0.15) is 6.42 Å². The maximum atomic E-state index is 11.6. The smallest absolute Gasteiger partial charge is 0.326 e. The van der Waals surface area contributed by atoms with Gasteiger partial charge in [-0.15, -0.1) is 0 Å². The largest absolute Gasteiger partial charge is 0.480 e. The van der Waals surface area contributed by atoms with E-state index in [-0.39, 0.29) is 18.7 Å². The summed E-state index contributed by atoms with van der Waals surface area (Å²) in [4.78, 5) is 22.5. The van der Waals surface area contributed by atoms with E-state index in [9.17, 15) is 18.0 Å². The van der Waals surface area contributed by atoms with Crippen LogP contribution in [0.5, 0.6) is 0 Å². The molecule has 1 amide bonds. The molecule has 1 heterocycles. The summed E-state index contributed by atoms with van der Waals surface area (Å²) < 4.78 is 23.3. The maximum absolute atomic E-state index is 11.6. The van der Waals surface area contributed by atoms with Crippen molar-refractivity contribution in [3.8, 4) is 0 Å². The predicted molar refractivity (Wildman–Crippen MR) is 66.1 cm³/mol. The molecule has 2 N–H and O–H groups in total. The number of carboxylic acids is 1. The fourth-order valence-electron chi connectivity index (χ4n) is 1.37. The highest BCUT2D eigenvalue weighted by Gasteiger charge is 2.21. The Morgan fingerprint density at radius 1 is 1.47 bits per heavy atom. The zero-order valence-electron chi connectivity index (χ0n) is 10.3. The van der Waals surface area contributed by atoms with Crippen molar-refractivity contribution in [1.82, 2.24) is 15.1 Å². The number of aromatic nitrogens is 2. The molecule has 0 saturated carbocycles. The fourth-order valence-corrected chi connectivity index (χ4v) is 2.03. The Kier molecular flexibility index (Phi) is 5.04. The molecule has 1 rings (SSSR count). The Hall–Kier alpha value is -1.90. The zero-order chi connectivity index (χ0) is 14.5. The minimum absolute atomic E-state index is 0.115. The number of carbonyl (C=O) groups excluding carboxylic acids is 1. The zero-order valence-corrected chi connectivity index (χ0v) is 11.1. The van der Waals surface area contributed by atoms with Crippen LogP contribution in [-0.2, 0) is 26.0 Å². The SMILES string of the molecule is CS(=O)(=O)CCC(NC(=O)Cn1cccn1)C(=O)O. The molecule has 19 heavy (non-hydrogen) atoms. The number of carboxylic acid groups (broad SMARTS) is 1. The number of hydrogen-bond acceptors (Lipinski definition) is 5. The van der Waals surface area contributed by atoms with E-state index in [1.807, 2.05) is 0 Å². The molecule has 0 spiro atoms. The molecule has 0 aliphatic rings. The van der Waals surface area contributed by atoms with Gasteiger partial charge in [0.25, 0.3) is 0 Å². The molecule has 8 nitrogen and oxygen atoms in total. The first-order valence-corrected chi connectivity index (χ1v) is 7.51. The van der Waals surface area contributed by atoms with E-state index in [1.165, 1.54) is 10.9 Å². The van der Waals surface area contributed by atoms with Crippen molar-refractivity contribution in [3.05, 3.63) is 18.5 Å². The summed E-state index contributed by atoms with van der Waals surface area (Å²) in [5.74, 6) is -2.10. The number of carbonyl (C=O) groups is 2. The van der Waals surface area contributed by atoms with E-state index in [1.54, 1.807) is 12.3 Å². The first-order chi connectivity index (χ1) is 8.78. The van der Waals surface area contributed by atoms with Crippen molar-refractivity contribution >= 4 is 21.7 Å². The molecule has 0 aliphatic heterocycles. The molecular formula is C10H15N3O5S. The van der Waals surface area contributed by atoms with Crippen LogP contribution in [0.25, 0.3) is 0 Å². The summed E-state index contributed by atoms with van der Waals surface area (Å²) in [7, 11) is -3.27. The number of nitrogens with one attached hydrogen (secondary N) is 1. The molecule has 0 bridgehead atoms. The van der Waals surface area contributed by atoms with Crippen LogP contribution in [0.15, 0.2) is 18.5 Å². The van der Waals surface area contributed by atoms with E-state index in [0.29, 0.717) is 0 Å².